The molecule has 0 spiro atoms. The highest BCUT2D eigenvalue weighted by Gasteiger charge is 2.58. The Balaban J connectivity index is 2.72. The van der Waals surface area contributed by atoms with Gasteiger partial charge < -0.3 is 9.47 Å². The van der Waals surface area contributed by atoms with E-state index >= 15 is 0 Å². The maximum absolute atomic E-state index is 14.7. The second-order valence-corrected chi connectivity index (χ2v) is 13.1. The van der Waals surface area contributed by atoms with E-state index < -0.39 is 68.6 Å². The molecule has 45 heavy (non-hydrogen) atoms. The molecule has 0 saturated carbocycles. The van der Waals surface area contributed by atoms with Gasteiger partial charge in [0.1, 0.15) is 23.6 Å². The average Bonchev–Trinajstić information content (AvgIpc) is 2.99. The van der Waals surface area contributed by atoms with Crippen molar-refractivity contribution >= 4 is 21.9 Å². The van der Waals surface area contributed by atoms with Gasteiger partial charge in [0.25, 0.3) is 0 Å². The number of nitrogens with one attached hydrogen (secondary N) is 1. The molecule has 0 aliphatic heterocycles. The fraction of sp³-hybridized carbons (Fsp3) is 0.515. The summed E-state index contributed by atoms with van der Waals surface area (Å²) in [5.74, 6) is -1.34. The minimum absolute atomic E-state index is 0.184. The van der Waals surface area contributed by atoms with E-state index in [0.29, 0.717) is 25.5 Å². The van der Waals surface area contributed by atoms with Gasteiger partial charge in [0.15, 0.2) is 16.4 Å². The monoisotopic (exact) mass is 649 g/mol. The first kappa shape index (κ1) is 37.7. The van der Waals surface area contributed by atoms with Crippen molar-refractivity contribution in [1.82, 2.24) is 10.2 Å². The van der Waals surface area contributed by atoms with E-state index in [-0.39, 0.29) is 25.8 Å². The topological polar surface area (TPSA) is 128 Å². The molecule has 0 radical (unpaired) electrons. The molecule has 0 heterocycles. The maximum Gasteiger partial charge on any atom is 0.412 e. The predicted octanol–water partition coefficient (Wildman–Crippen LogP) is 5.38. The molecule has 3 N–H and O–H groups in total. The Morgan fingerprint density at radius 2 is 1.62 bits per heavy atom. The Morgan fingerprint density at radius 1 is 1.00 bits per heavy atom. The molecule has 248 valence electrons. The van der Waals surface area contributed by atoms with Crippen molar-refractivity contribution in [3.63, 3.8) is 0 Å². The van der Waals surface area contributed by atoms with Crippen LogP contribution in [-0.4, -0.2) is 56.2 Å². The van der Waals surface area contributed by atoms with Crippen LogP contribution >= 0.6 is 0 Å². The van der Waals surface area contributed by atoms with Crippen molar-refractivity contribution in [2.75, 3.05) is 19.9 Å². The van der Waals surface area contributed by atoms with Crippen LogP contribution < -0.4 is 11.1 Å². The second kappa shape index (κ2) is 17.8. The zero-order valence-corrected chi connectivity index (χ0v) is 27.3. The number of carbonyl (C=O) groups excluding carboxylic acids is 2. The summed E-state index contributed by atoms with van der Waals surface area (Å²) in [6, 6.07) is 9.91. The molecule has 0 aliphatic carbocycles. The quantitative estimate of drug-likeness (QED) is 0.0954. The Hall–Kier alpha value is -3.53. The van der Waals surface area contributed by atoms with Gasteiger partial charge in [-0.1, -0.05) is 70.7 Å². The third-order valence-corrected chi connectivity index (χ3v) is 10.0. The van der Waals surface area contributed by atoms with Crippen LogP contribution in [0, 0.1) is 24.0 Å². The third kappa shape index (κ3) is 9.73. The van der Waals surface area contributed by atoms with E-state index in [9.17, 15) is 26.8 Å². The highest BCUT2D eigenvalue weighted by atomic mass is 32.2. The van der Waals surface area contributed by atoms with Gasteiger partial charge in [0.05, 0.1) is 5.25 Å². The lowest BCUT2D eigenvalue weighted by Gasteiger charge is -2.43. The van der Waals surface area contributed by atoms with Gasteiger partial charge in [-0.3, -0.25) is 16.0 Å². The van der Waals surface area contributed by atoms with Crippen LogP contribution in [0.4, 0.5) is 13.6 Å². The highest BCUT2D eigenvalue weighted by molar-refractivity contribution is 7.92. The van der Waals surface area contributed by atoms with Crippen molar-refractivity contribution in [1.29, 1.82) is 0 Å². The number of ether oxygens (including phenoxy) is 2. The van der Waals surface area contributed by atoms with Crippen LogP contribution in [0.3, 0.4) is 0 Å². The molecule has 0 aliphatic rings. The van der Waals surface area contributed by atoms with Gasteiger partial charge in [0, 0.05) is 19.2 Å². The van der Waals surface area contributed by atoms with Gasteiger partial charge in [-0.2, -0.15) is 0 Å². The number of terminal acetylenes is 1. The lowest BCUT2D eigenvalue weighted by atomic mass is 9.97. The third-order valence-electron chi connectivity index (χ3n) is 7.36. The maximum atomic E-state index is 14.7. The summed E-state index contributed by atoms with van der Waals surface area (Å²) in [5, 5.41) is -0.215. The lowest BCUT2D eigenvalue weighted by molar-refractivity contribution is -0.158. The first-order valence-corrected chi connectivity index (χ1v) is 16.8. The molecule has 2 aromatic carbocycles. The van der Waals surface area contributed by atoms with Crippen molar-refractivity contribution in [3.05, 3.63) is 70.8 Å². The molecule has 0 aromatic heterocycles. The summed E-state index contributed by atoms with van der Waals surface area (Å²) in [4.78, 5) is 28.2. The summed E-state index contributed by atoms with van der Waals surface area (Å²) in [6.07, 6.45) is 6.41. The molecule has 9 nitrogen and oxygen atoms in total. The first-order chi connectivity index (χ1) is 21.4. The molecular formula is C33H45F2N3O6S. The molecule has 0 fully saturated rings. The van der Waals surface area contributed by atoms with E-state index in [2.05, 4.69) is 11.2 Å². The fourth-order valence-corrected chi connectivity index (χ4v) is 8.06. The van der Waals surface area contributed by atoms with E-state index in [4.69, 9.17) is 21.6 Å². The molecule has 2 atom stereocenters. The van der Waals surface area contributed by atoms with E-state index in [0.717, 1.165) is 34.6 Å². The Kier molecular flexibility index (Phi) is 14.9. The molecule has 12 heteroatoms. The van der Waals surface area contributed by atoms with E-state index in [1.54, 1.807) is 20.8 Å². The molecule has 2 aromatic rings. The van der Waals surface area contributed by atoms with Crippen molar-refractivity contribution in [2.45, 2.75) is 88.9 Å². The Bertz CT molecular complexity index is 1410. The largest absolute Gasteiger partial charge is 0.447 e. The van der Waals surface area contributed by atoms with Gasteiger partial charge in [-0.05, 0) is 54.5 Å². The molecular weight excluding hydrogens is 604 g/mol. The molecule has 0 saturated heterocycles. The number of esters is 1. The molecule has 0 bridgehead atoms. The number of halogens is 2. The van der Waals surface area contributed by atoms with Crippen LogP contribution in [0.2, 0.25) is 0 Å². The highest BCUT2D eigenvalue weighted by Crippen LogP contribution is 2.41. The van der Waals surface area contributed by atoms with E-state index in [1.165, 1.54) is 0 Å². The number of hydrogen-bond donors (Lipinski definition) is 2. The number of carbonyl (C=O) groups is 2. The fourth-order valence-electron chi connectivity index (χ4n) is 5.31. The van der Waals surface area contributed by atoms with E-state index in [1.807, 2.05) is 31.2 Å². The summed E-state index contributed by atoms with van der Waals surface area (Å²) in [5.41, 5.74) is 5.57. The number of amides is 1. The Morgan fingerprint density at radius 3 is 2.18 bits per heavy atom. The smallest absolute Gasteiger partial charge is 0.412 e. The Labute approximate surface area is 265 Å². The number of aryl methyl sites for hydroxylation is 1. The second-order valence-electron chi connectivity index (χ2n) is 10.8. The van der Waals surface area contributed by atoms with Gasteiger partial charge in [0.2, 0.25) is 5.66 Å². The summed E-state index contributed by atoms with van der Waals surface area (Å²) in [7, 11) is -4.54. The van der Waals surface area contributed by atoms with Gasteiger partial charge >= 0.3 is 12.1 Å². The number of sulfone groups is 1. The van der Waals surface area contributed by atoms with Crippen LogP contribution in [0.1, 0.15) is 81.7 Å². The standard InChI is InChI=1S/C33H45F2N3O6S/c1-6-12-29(13-7-2)45(41,42)30(26-19-27(34)21-28(35)20-26)33(36,38(16-8-3)32(40)43-17-9-4)31(39)44-23-37-22-25-15-11-14-24(10-5)18-25/h4,11,14-15,18-21,29-30,37H,6-8,10,12-13,16-17,22-23,36H2,1-3,5H3/t30?,33-/m1/s1. The van der Waals surface area contributed by atoms with Crippen molar-refractivity contribution in [3.8, 4) is 12.3 Å². The number of benzene rings is 2. The lowest BCUT2D eigenvalue weighted by Crippen LogP contribution is -2.69. The molecule has 2 rings (SSSR count). The first-order valence-electron chi connectivity index (χ1n) is 15.2. The molecule has 1 unspecified atom stereocenters. The van der Waals surface area contributed by atoms with Crippen molar-refractivity contribution in [2.24, 2.45) is 5.73 Å². The minimum Gasteiger partial charge on any atom is -0.447 e. The zero-order chi connectivity index (χ0) is 33.6. The summed E-state index contributed by atoms with van der Waals surface area (Å²) >= 11 is 0. The summed E-state index contributed by atoms with van der Waals surface area (Å²) < 4.78 is 69.1. The predicted molar refractivity (Wildman–Crippen MR) is 169 cm³/mol. The number of nitrogens with two attached hydrogens (primary N) is 1. The summed E-state index contributed by atoms with van der Waals surface area (Å²) in [6.45, 7) is 6.40. The van der Waals surface area contributed by atoms with Crippen LogP contribution in [0.5, 0.6) is 0 Å². The average molecular weight is 650 g/mol. The SMILES string of the molecule is C#CCOC(=O)N(CCC)[C@@](N)(C(=O)OCNCc1cccc(CC)c1)C(c1cc(F)cc(F)c1)S(=O)(=O)C(CCC)CCC. The number of rotatable bonds is 18. The number of hydrogen-bond acceptors (Lipinski definition) is 8. The zero-order valence-electron chi connectivity index (χ0n) is 26.5. The normalized spacial score (nSPS) is 13.5. The van der Waals surface area contributed by atoms with Crippen LogP contribution in [-0.2, 0) is 37.1 Å². The van der Waals surface area contributed by atoms with Crippen LogP contribution in [0.25, 0.3) is 0 Å². The van der Waals surface area contributed by atoms with Gasteiger partial charge in [-0.25, -0.2) is 26.8 Å². The molecule has 1 amide bonds. The van der Waals surface area contributed by atoms with Gasteiger partial charge in [-0.15, -0.1) is 6.42 Å². The van der Waals surface area contributed by atoms with Crippen molar-refractivity contribution < 1.29 is 36.3 Å². The number of nitrogens with zero attached hydrogens (tertiary/aromatic N) is 1. The minimum atomic E-state index is -4.54. The van der Waals surface area contributed by atoms with Crippen LogP contribution in [0.15, 0.2) is 42.5 Å².